The Labute approximate surface area is 205 Å². The normalized spacial score (nSPS) is 13.9. The Morgan fingerprint density at radius 3 is 2.79 bits per heavy atom. The van der Waals surface area contributed by atoms with Gasteiger partial charge in [-0.25, -0.2) is 9.37 Å². The lowest BCUT2D eigenvalue weighted by Gasteiger charge is -2.26. The molecule has 0 bridgehead atoms. The van der Waals surface area contributed by atoms with E-state index in [1.165, 1.54) is 24.5 Å². The monoisotopic (exact) mass is 503 g/mol. The lowest BCUT2D eigenvalue weighted by molar-refractivity contribution is 0.0342. The highest BCUT2D eigenvalue weighted by molar-refractivity contribution is 6.32. The van der Waals surface area contributed by atoms with Crippen LogP contribution in [0.2, 0.25) is 10.2 Å². The molecule has 0 spiro atoms. The number of halogens is 3. The molecule has 2 N–H and O–H groups in total. The first-order chi connectivity index (χ1) is 16.4. The van der Waals surface area contributed by atoms with Crippen LogP contribution in [-0.2, 0) is 17.8 Å². The smallest absolute Gasteiger partial charge is 0.271 e. The molecule has 0 aliphatic carbocycles. The Morgan fingerprint density at radius 2 is 2.09 bits per heavy atom. The number of rotatable bonds is 7. The molecule has 0 atom stereocenters. The second-order valence-corrected chi connectivity index (χ2v) is 8.33. The molecule has 1 aliphatic heterocycles. The third-order valence-electron chi connectivity index (χ3n) is 5.21. The summed E-state index contributed by atoms with van der Waals surface area (Å²) in [6, 6.07) is 10.1. The van der Waals surface area contributed by atoms with Crippen molar-refractivity contribution in [2.24, 2.45) is 0 Å². The summed E-state index contributed by atoms with van der Waals surface area (Å²) >= 11 is 12.1. The number of hydrogen-bond donors (Lipinski definition) is 2. The highest BCUT2D eigenvalue weighted by atomic mass is 35.5. The molecule has 34 heavy (non-hydrogen) atoms. The zero-order valence-corrected chi connectivity index (χ0v) is 19.4. The molecule has 1 aromatic heterocycles. The molecule has 1 fully saturated rings. The number of nitrogens with zero attached hydrogens (tertiary/aromatic N) is 3. The number of aromatic nitrogens is 2. The summed E-state index contributed by atoms with van der Waals surface area (Å²) in [6.07, 6.45) is 1.29. The Hall–Kier alpha value is -3.16. The van der Waals surface area contributed by atoms with E-state index in [0.717, 1.165) is 18.7 Å². The van der Waals surface area contributed by atoms with Gasteiger partial charge in [0.1, 0.15) is 11.4 Å². The Balaban J connectivity index is 1.53. The van der Waals surface area contributed by atoms with Crippen molar-refractivity contribution in [3.05, 3.63) is 75.0 Å². The SMILES string of the molecule is N#Cc1cc(CN2CCOCC2)cc(Oc2c(Cl)ccc(CNC(=O)c3[nH]cnc3Cl)c2F)c1. The first-order valence-electron chi connectivity index (χ1n) is 10.4. The standard InChI is InChI=1S/C23H20Cl2FN5O3/c24-18-2-1-16(11-28-23(32)20-22(25)30-13-29-20)19(26)21(18)34-17-8-14(10-27)7-15(9-17)12-31-3-5-33-6-4-31/h1-2,7-9,13H,3-6,11-12H2,(H,28,32)(H,29,30). The van der Waals surface area contributed by atoms with E-state index in [0.29, 0.717) is 25.3 Å². The predicted octanol–water partition coefficient (Wildman–Crippen LogP) is 4.28. The highest BCUT2D eigenvalue weighted by Crippen LogP contribution is 2.35. The molecule has 8 nitrogen and oxygen atoms in total. The van der Waals surface area contributed by atoms with E-state index in [9.17, 15) is 10.1 Å². The van der Waals surface area contributed by atoms with Crippen LogP contribution in [0.3, 0.4) is 0 Å². The lowest BCUT2D eigenvalue weighted by Crippen LogP contribution is -2.35. The summed E-state index contributed by atoms with van der Waals surface area (Å²) in [5.41, 5.74) is 1.48. The topological polar surface area (TPSA) is 103 Å². The van der Waals surface area contributed by atoms with Crippen molar-refractivity contribution < 1.29 is 18.7 Å². The van der Waals surface area contributed by atoms with E-state index in [1.807, 2.05) is 0 Å². The largest absolute Gasteiger partial charge is 0.453 e. The molecule has 176 valence electrons. The van der Waals surface area contributed by atoms with Gasteiger partial charge in [0, 0.05) is 31.7 Å². The van der Waals surface area contributed by atoms with Crippen LogP contribution in [-0.4, -0.2) is 47.1 Å². The average molecular weight is 504 g/mol. The minimum absolute atomic E-state index is 0.0170. The molecule has 3 aromatic rings. The fourth-order valence-electron chi connectivity index (χ4n) is 3.51. The molecular formula is C23H20Cl2FN5O3. The van der Waals surface area contributed by atoms with E-state index in [2.05, 4.69) is 26.3 Å². The molecule has 0 radical (unpaired) electrons. The van der Waals surface area contributed by atoms with Gasteiger partial charge in [0.15, 0.2) is 16.7 Å². The second kappa shape index (κ2) is 10.8. The minimum atomic E-state index is -0.722. The molecule has 11 heteroatoms. The summed E-state index contributed by atoms with van der Waals surface area (Å²) in [5.74, 6) is -1.16. The molecule has 1 aliphatic rings. The zero-order chi connectivity index (χ0) is 24.1. The van der Waals surface area contributed by atoms with Crippen molar-refractivity contribution in [3.8, 4) is 17.6 Å². The van der Waals surface area contributed by atoms with Crippen LogP contribution < -0.4 is 10.1 Å². The van der Waals surface area contributed by atoms with Gasteiger partial charge in [-0.3, -0.25) is 9.69 Å². The van der Waals surface area contributed by atoms with E-state index in [1.54, 1.807) is 12.1 Å². The molecule has 1 amide bonds. The van der Waals surface area contributed by atoms with E-state index in [-0.39, 0.29) is 39.5 Å². The van der Waals surface area contributed by atoms with Crippen LogP contribution in [0.1, 0.15) is 27.2 Å². The Bertz CT molecular complexity index is 1240. The van der Waals surface area contributed by atoms with Crippen molar-refractivity contribution >= 4 is 29.1 Å². The predicted molar refractivity (Wildman–Crippen MR) is 124 cm³/mol. The summed E-state index contributed by atoms with van der Waals surface area (Å²) in [7, 11) is 0. The van der Waals surface area contributed by atoms with E-state index >= 15 is 4.39 Å². The summed E-state index contributed by atoms with van der Waals surface area (Å²) in [4.78, 5) is 20.8. The number of carbonyl (C=O) groups excluding carboxylic acids is 1. The molecule has 1 saturated heterocycles. The second-order valence-electron chi connectivity index (χ2n) is 7.57. The number of amides is 1. The van der Waals surface area contributed by atoms with Gasteiger partial charge in [0.2, 0.25) is 0 Å². The highest BCUT2D eigenvalue weighted by Gasteiger charge is 2.19. The van der Waals surface area contributed by atoms with Crippen LogP contribution in [0, 0.1) is 17.1 Å². The van der Waals surface area contributed by atoms with Gasteiger partial charge in [-0.05, 0) is 29.8 Å². The van der Waals surface area contributed by atoms with Gasteiger partial charge in [-0.2, -0.15) is 5.26 Å². The van der Waals surface area contributed by atoms with Gasteiger partial charge in [-0.15, -0.1) is 0 Å². The molecular weight excluding hydrogens is 484 g/mol. The number of aromatic amines is 1. The maximum Gasteiger partial charge on any atom is 0.271 e. The number of morpholine rings is 1. The fraction of sp³-hybridized carbons (Fsp3) is 0.261. The van der Waals surface area contributed by atoms with Crippen LogP contribution in [0.25, 0.3) is 0 Å². The summed E-state index contributed by atoms with van der Waals surface area (Å²) < 4.78 is 26.4. The maximum absolute atomic E-state index is 15.3. The quantitative estimate of drug-likeness (QED) is 0.498. The van der Waals surface area contributed by atoms with Crippen molar-refractivity contribution in [2.75, 3.05) is 26.3 Å². The van der Waals surface area contributed by atoms with E-state index < -0.39 is 11.7 Å². The van der Waals surface area contributed by atoms with Gasteiger partial charge in [-0.1, -0.05) is 29.3 Å². The molecule has 4 rings (SSSR count). The molecule has 0 saturated carbocycles. The maximum atomic E-state index is 15.3. The number of ether oxygens (including phenoxy) is 2. The van der Waals surface area contributed by atoms with Crippen LogP contribution in [0.4, 0.5) is 4.39 Å². The van der Waals surface area contributed by atoms with Gasteiger partial charge in [0.05, 0.1) is 36.2 Å². The molecule has 2 aromatic carbocycles. The van der Waals surface area contributed by atoms with Crippen molar-refractivity contribution in [1.29, 1.82) is 5.26 Å². The number of nitrogens with one attached hydrogen (secondary N) is 2. The fourth-order valence-corrected chi connectivity index (χ4v) is 3.89. The number of imidazole rings is 1. The van der Waals surface area contributed by atoms with Gasteiger partial charge < -0.3 is 19.8 Å². The van der Waals surface area contributed by atoms with Crippen LogP contribution >= 0.6 is 23.2 Å². The first kappa shape index (κ1) is 24.0. The van der Waals surface area contributed by atoms with Crippen molar-refractivity contribution in [1.82, 2.24) is 20.2 Å². The lowest BCUT2D eigenvalue weighted by atomic mass is 10.1. The minimum Gasteiger partial charge on any atom is -0.453 e. The number of nitriles is 1. The van der Waals surface area contributed by atoms with Crippen molar-refractivity contribution in [3.63, 3.8) is 0 Å². The summed E-state index contributed by atoms with van der Waals surface area (Å²) in [5, 5.41) is 12.1. The average Bonchev–Trinajstić information content (AvgIpc) is 3.27. The molecule has 2 heterocycles. The van der Waals surface area contributed by atoms with Gasteiger partial charge in [0.25, 0.3) is 5.91 Å². The Morgan fingerprint density at radius 1 is 1.29 bits per heavy atom. The van der Waals surface area contributed by atoms with Crippen LogP contribution in [0.15, 0.2) is 36.7 Å². The molecule has 0 unspecified atom stereocenters. The zero-order valence-electron chi connectivity index (χ0n) is 17.9. The third-order valence-corrected chi connectivity index (χ3v) is 5.80. The first-order valence-corrected chi connectivity index (χ1v) is 11.2. The van der Waals surface area contributed by atoms with E-state index in [4.69, 9.17) is 32.7 Å². The number of carbonyl (C=O) groups is 1. The van der Waals surface area contributed by atoms with Crippen LogP contribution in [0.5, 0.6) is 11.5 Å². The van der Waals surface area contributed by atoms with Gasteiger partial charge >= 0.3 is 0 Å². The summed E-state index contributed by atoms with van der Waals surface area (Å²) in [6.45, 7) is 3.34. The van der Waals surface area contributed by atoms with Crippen molar-refractivity contribution in [2.45, 2.75) is 13.1 Å². The number of H-pyrrole nitrogens is 1. The Kier molecular flexibility index (Phi) is 7.65. The number of hydrogen-bond acceptors (Lipinski definition) is 6. The number of benzene rings is 2. The third kappa shape index (κ3) is 5.66.